The van der Waals surface area contributed by atoms with Crippen LogP contribution in [0.2, 0.25) is 0 Å². The fourth-order valence-corrected chi connectivity index (χ4v) is 3.61. The second kappa shape index (κ2) is 6.79. The first kappa shape index (κ1) is 18.2. The summed E-state index contributed by atoms with van der Waals surface area (Å²) in [6, 6.07) is 7.95. The highest BCUT2D eigenvalue weighted by molar-refractivity contribution is 9.10. The number of nitrogens with zero attached hydrogens (tertiary/aromatic N) is 1. The number of rotatable bonds is 2. The molecule has 0 atom stereocenters. The van der Waals surface area contributed by atoms with Crippen LogP contribution >= 0.6 is 15.9 Å². The minimum absolute atomic E-state index is 0.107. The lowest BCUT2D eigenvalue weighted by Gasteiger charge is -2.27. The Bertz CT molecular complexity index is 1060. The number of fused-ring (bicyclic) bond motifs is 1. The van der Waals surface area contributed by atoms with Gasteiger partial charge in [0.25, 0.3) is 11.8 Å². The van der Waals surface area contributed by atoms with Crippen molar-refractivity contribution in [3.63, 3.8) is 0 Å². The maximum atomic E-state index is 13.0. The molecule has 7 nitrogen and oxygen atoms in total. The van der Waals surface area contributed by atoms with Gasteiger partial charge in [-0.2, -0.15) is 0 Å². The van der Waals surface area contributed by atoms with Crippen molar-refractivity contribution in [1.29, 1.82) is 0 Å². The van der Waals surface area contributed by atoms with Gasteiger partial charge >= 0.3 is 6.03 Å². The smallest absolute Gasteiger partial charge is 0.335 e. The Balaban J connectivity index is 1.77. The summed E-state index contributed by atoms with van der Waals surface area (Å²) in [5.74, 6) is -0.357. The van der Waals surface area contributed by atoms with Crippen LogP contribution in [0.5, 0.6) is 11.5 Å². The number of barbiturate groups is 1. The highest BCUT2D eigenvalue weighted by atomic mass is 79.9. The second-order valence-corrected chi connectivity index (χ2v) is 7.39. The van der Waals surface area contributed by atoms with Crippen LogP contribution in [0.1, 0.15) is 16.7 Å². The summed E-state index contributed by atoms with van der Waals surface area (Å²) in [7, 11) is 0. The van der Waals surface area contributed by atoms with Crippen molar-refractivity contribution in [2.24, 2.45) is 0 Å². The van der Waals surface area contributed by atoms with Gasteiger partial charge in [-0.3, -0.25) is 14.9 Å². The van der Waals surface area contributed by atoms with Crippen LogP contribution in [0.25, 0.3) is 6.08 Å². The first-order chi connectivity index (χ1) is 13.3. The molecule has 1 saturated heterocycles. The predicted octanol–water partition coefficient (Wildman–Crippen LogP) is 3.46. The summed E-state index contributed by atoms with van der Waals surface area (Å²) in [5.41, 5.74) is 2.60. The summed E-state index contributed by atoms with van der Waals surface area (Å²) in [6.45, 7) is 3.85. The van der Waals surface area contributed by atoms with Crippen molar-refractivity contribution in [2.45, 2.75) is 13.8 Å². The standard InChI is InChI=1S/C20H15BrN2O5/c1-10-3-11(2)5-13(4-10)23-19(25)14(18(24)22-20(23)26)6-12-7-16-17(8-15(12)21)28-9-27-16/h3-8H,9H2,1-2H3,(H,22,24,26). The zero-order valence-electron chi connectivity index (χ0n) is 15.0. The zero-order valence-corrected chi connectivity index (χ0v) is 16.6. The first-order valence-corrected chi connectivity index (χ1v) is 9.21. The van der Waals surface area contributed by atoms with Crippen LogP contribution < -0.4 is 19.7 Å². The van der Waals surface area contributed by atoms with Gasteiger partial charge < -0.3 is 9.47 Å². The number of anilines is 1. The lowest BCUT2D eigenvalue weighted by atomic mass is 10.1. The average molecular weight is 443 g/mol. The number of imide groups is 2. The van der Waals surface area contributed by atoms with Gasteiger partial charge in [-0.05, 0) is 60.9 Å². The molecule has 4 rings (SSSR count). The van der Waals surface area contributed by atoms with Crippen molar-refractivity contribution in [3.8, 4) is 11.5 Å². The molecule has 0 bridgehead atoms. The zero-order chi connectivity index (χ0) is 20.0. The molecule has 2 aromatic carbocycles. The molecular formula is C20H15BrN2O5. The van der Waals surface area contributed by atoms with E-state index in [0.29, 0.717) is 27.2 Å². The van der Waals surface area contributed by atoms with E-state index in [2.05, 4.69) is 21.2 Å². The molecule has 0 radical (unpaired) electrons. The van der Waals surface area contributed by atoms with Gasteiger partial charge in [-0.15, -0.1) is 0 Å². The van der Waals surface area contributed by atoms with Gasteiger partial charge in [0, 0.05) is 4.47 Å². The van der Waals surface area contributed by atoms with E-state index in [1.54, 1.807) is 24.3 Å². The number of hydrogen-bond donors (Lipinski definition) is 1. The highest BCUT2D eigenvalue weighted by Gasteiger charge is 2.37. The molecule has 2 heterocycles. The molecule has 4 amide bonds. The number of aryl methyl sites for hydroxylation is 2. The third-order valence-electron chi connectivity index (χ3n) is 4.36. The van der Waals surface area contributed by atoms with Gasteiger partial charge in [0.2, 0.25) is 6.79 Å². The minimum Gasteiger partial charge on any atom is -0.454 e. The van der Waals surface area contributed by atoms with E-state index >= 15 is 0 Å². The van der Waals surface area contributed by atoms with Crippen molar-refractivity contribution >= 4 is 45.5 Å². The molecule has 28 heavy (non-hydrogen) atoms. The Morgan fingerprint density at radius 1 is 1.00 bits per heavy atom. The molecule has 8 heteroatoms. The topological polar surface area (TPSA) is 84.9 Å². The van der Waals surface area contributed by atoms with E-state index in [4.69, 9.17) is 9.47 Å². The van der Waals surface area contributed by atoms with E-state index < -0.39 is 17.8 Å². The van der Waals surface area contributed by atoms with Gasteiger partial charge in [-0.25, -0.2) is 9.69 Å². The maximum Gasteiger partial charge on any atom is 0.335 e. The Kier molecular flexibility index (Phi) is 4.43. The van der Waals surface area contributed by atoms with Gasteiger partial charge in [-0.1, -0.05) is 22.0 Å². The molecule has 0 spiro atoms. The van der Waals surface area contributed by atoms with Crippen molar-refractivity contribution in [2.75, 3.05) is 11.7 Å². The highest BCUT2D eigenvalue weighted by Crippen LogP contribution is 2.38. The normalized spacial score (nSPS) is 17.3. The lowest BCUT2D eigenvalue weighted by Crippen LogP contribution is -2.54. The molecule has 2 aliphatic heterocycles. The van der Waals surface area contributed by atoms with Crippen molar-refractivity contribution < 1.29 is 23.9 Å². The molecule has 0 aromatic heterocycles. The van der Waals surface area contributed by atoms with E-state index in [9.17, 15) is 14.4 Å². The Morgan fingerprint density at radius 3 is 2.32 bits per heavy atom. The monoisotopic (exact) mass is 442 g/mol. The van der Waals surface area contributed by atoms with Crippen LogP contribution in [0, 0.1) is 13.8 Å². The molecule has 1 N–H and O–H groups in total. The Morgan fingerprint density at radius 2 is 1.64 bits per heavy atom. The average Bonchev–Trinajstić information content (AvgIpc) is 3.04. The summed E-state index contributed by atoms with van der Waals surface area (Å²) in [6.07, 6.45) is 1.42. The number of nitrogens with one attached hydrogen (secondary N) is 1. The number of ether oxygens (including phenoxy) is 2. The molecule has 2 aliphatic rings. The molecule has 0 saturated carbocycles. The third kappa shape index (κ3) is 3.16. The number of halogens is 1. The van der Waals surface area contributed by atoms with Crippen LogP contribution in [-0.4, -0.2) is 24.6 Å². The number of amides is 4. The fraction of sp³-hybridized carbons (Fsp3) is 0.150. The largest absolute Gasteiger partial charge is 0.454 e. The number of carbonyl (C=O) groups excluding carboxylic acids is 3. The number of hydrogen-bond acceptors (Lipinski definition) is 5. The van der Waals surface area contributed by atoms with E-state index in [0.717, 1.165) is 16.0 Å². The third-order valence-corrected chi connectivity index (χ3v) is 5.04. The molecule has 0 aliphatic carbocycles. The SMILES string of the molecule is Cc1cc(C)cc(N2C(=O)NC(=O)C(=Cc3cc4c(cc3Br)OCO4)C2=O)c1. The van der Waals surface area contributed by atoms with E-state index in [1.807, 2.05) is 19.9 Å². The summed E-state index contributed by atoms with van der Waals surface area (Å²) >= 11 is 3.40. The second-order valence-electron chi connectivity index (χ2n) is 6.53. The van der Waals surface area contributed by atoms with Crippen LogP contribution in [0.4, 0.5) is 10.5 Å². The minimum atomic E-state index is -0.776. The summed E-state index contributed by atoms with van der Waals surface area (Å²) < 4.78 is 11.3. The van der Waals surface area contributed by atoms with E-state index in [-0.39, 0.29) is 12.4 Å². The summed E-state index contributed by atoms with van der Waals surface area (Å²) in [5, 5.41) is 2.23. The van der Waals surface area contributed by atoms with E-state index in [1.165, 1.54) is 6.08 Å². The van der Waals surface area contributed by atoms with Crippen LogP contribution in [0.15, 0.2) is 40.4 Å². The van der Waals surface area contributed by atoms with Gasteiger partial charge in [0.1, 0.15) is 5.57 Å². The van der Waals surface area contributed by atoms with Gasteiger partial charge in [0.05, 0.1) is 5.69 Å². The molecular weight excluding hydrogens is 428 g/mol. The molecule has 1 fully saturated rings. The first-order valence-electron chi connectivity index (χ1n) is 8.42. The Hall–Kier alpha value is -3.13. The molecule has 142 valence electrons. The fourth-order valence-electron chi connectivity index (χ4n) is 3.17. The van der Waals surface area contributed by atoms with Crippen molar-refractivity contribution in [1.82, 2.24) is 5.32 Å². The Labute approximate surface area is 169 Å². The van der Waals surface area contributed by atoms with Gasteiger partial charge in [0.15, 0.2) is 11.5 Å². The lowest BCUT2D eigenvalue weighted by molar-refractivity contribution is -0.122. The molecule has 0 unspecified atom stereocenters. The van der Waals surface area contributed by atoms with Crippen LogP contribution in [0.3, 0.4) is 0 Å². The van der Waals surface area contributed by atoms with Crippen LogP contribution in [-0.2, 0) is 9.59 Å². The number of benzene rings is 2. The number of urea groups is 1. The maximum absolute atomic E-state index is 13.0. The molecule has 2 aromatic rings. The summed E-state index contributed by atoms with van der Waals surface area (Å²) in [4.78, 5) is 38.7. The predicted molar refractivity (Wildman–Crippen MR) is 105 cm³/mol. The van der Waals surface area contributed by atoms with Crippen molar-refractivity contribution in [3.05, 3.63) is 57.1 Å². The number of carbonyl (C=O) groups is 3. The quantitative estimate of drug-likeness (QED) is 0.568.